The molecule has 23 heavy (non-hydrogen) atoms. The monoisotopic (exact) mass is 310 g/mol. The SMILES string of the molecule is CC(=O)N1c2ccccc2C[C@H]1C(=O)Nc1cccc(CO)c1. The molecule has 0 spiro atoms. The summed E-state index contributed by atoms with van der Waals surface area (Å²) in [6.45, 7) is 1.38. The first kappa shape index (κ1) is 15.2. The van der Waals surface area contributed by atoms with Crippen LogP contribution in [0.2, 0.25) is 0 Å². The Morgan fingerprint density at radius 2 is 2.00 bits per heavy atom. The molecule has 2 aromatic rings. The Kier molecular flexibility index (Phi) is 4.12. The molecule has 2 amide bonds. The van der Waals surface area contributed by atoms with Gasteiger partial charge in [0, 0.05) is 24.7 Å². The molecule has 3 rings (SSSR count). The molecule has 0 aliphatic carbocycles. The van der Waals surface area contributed by atoms with Crippen LogP contribution in [-0.2, 0) is 22.6 Å². The van der Waals surface area contributed by atoms with Crippen molar-refractivity contribution < 1.29 is 14.7 Å². The number of carbonyl (C=O) groups excluding carboxylic acids is 2. The molecule has 2 N–H and O–H groups in total. The van der Waals surface area contributed by atoms with Gasteiger partial charge in [-0.2, -0.15) is 0 Å². The minimum Gasteiger partial charge on any atom is -0.392 e. The summed E-state index contributed by atoms with van der Waals surface area (Å²) in [6.07, 6.45) is 0.501. The molecule has 0 bridgehead atoms. The van der Waals surface area contributed by atoms with Crippen molar-refractivity contribution in [2.75, 3.05) is 10.2 Å². The number of para-hydroxylation sites is 1. The van der Waals surface area contributed by atoms with E-state index in [1.54, 1.807) is 29.2 Å². The first-order valence-corrected chi connectivity index (χ1v) is 7.48. The largest absolute Gasteiger partial charge is 0.392 e. The third-order valence-corrected chi connectivity index (χ3v) is 4.00. The number of rotatable bonds is 3. The van der Waals surface area contributed by atoms with E-state index in [1.807, 2.05) is 24.3 Å². The summed E-state index contributed by atoms with van der Waals surface area (Å²) in [7, 11) is 0. The number of hydrogen-bond acceptors (Lipinski definition) is 3. The molecule has 5 heteroatoms. The molecular weight excluding hydrogens is 292 g/mol. The molecule has 0 saturated carbocycles. The zero-order valence-corrected chi connectivity index (χ0v) is 12.8. The average molecular weight is 310 g/mol. The highest BCUT2D eigenvalue weighted by Crippen LogP contribution is 2.32. The van der Waals surface area contributed by atoms with E-state index in [0.717, 1.165) is 16.8 Å². The van der Waals surface area contributed by atoms with Crippen LogP contribution in [0.15, 0.2) is 48.5 Å². The van der Waals surface area contributed by atoms with E-state index in [-0.39, 0.29) is 18.4 Å². The van der Waals surface area contributed by atoms with E-state index < -0.39 is 6.04 Å². The Balaban J connectivity index is 1.83. The molecule has 118 valence electrons. The summed E-state index contributed by atoms with van der Waals surface area (Å²) < 4.78 is 0. The number of hydrogen-bond donors (Lipinski definition) is 2. The number of anilines is 2. The summed E-state index contributed by atoms with van der Waals surface area (Å²) in [6, 6.07) is 14.0. The highest BCUT2D eigenvalue weighted by Gasteiger charge is 2.36. The number of nitrogens with one attached hydrogen (secondary N) is 1. The predicted octanol–water partition coefficient (Wildman–Crippen LogP) is 2.10. The van der Waals surface area contributed by atoms with Gasteiger partial charge in [-0.05, 0) is 29.3 Å². The Labute approximate surface area is 134 Å². The molecule has 0 fully saturated rings. The lowest BCUT2D eigenvalue weighted by Crippen LogP contribution is -2.44. The van der Waals surface area contributed by atoms with E-state index >= 15 is 0 Å². The van der Waals surface area contributed by atoms with Crippen molar-refractivity contribution in [1.82, 2.24) is 0 Å². The van der Waals surface area contributed by atoms with E-state index in [4.69, 9.17) is 0 Å². The molecule has 1 aliphatic heterocycles. The van der Waals surface area contributed by atoms with Crippen LogP contribution in [0.25, 0.3) is 0 Å². The number of fused-ring (bicyclic) bond motifs is 1. The lowest BCUT2D eigenvalue weighted by molar-refractivity contribution is -0.122. The van der Waals surface area contributed by atoms with Crippen LogP contribution in [0.1, 0.15) is 18.1 Å². The highest BCUT2D eigenvalue weighted by molar-refractivity contribution is 6.06. The topological polar surface area (TPSA) is 69.6 Å². The summed E-state index contributed by atoms with van der Waals surface area (Å²) in [4.78, 5) is 26.2. The number of aliphatic hydroxyl groups is 1. The summed E-state index contributed by atoms with van der Waals surface area (Å²) in [5.41, 5.74) is 3.12. The van der Waals surface area contributed by atoms with Crippen LogP contribution in [0.4, 0.5) is 11.4 Å². The minimum absolute atomic E-state index is 0.0852. The standard InChI is InChI=1S/C18H18N2O3/c1-12(22)20-16-8-3-2-6-14(16)10-17(20)18(23)19-15-7-4-5-13(9-15)11-21/h2-9,17,21H,10-11H2,1H3,(H,19,23)/t17-/m0/s1. The Bertz CT molecular complexity index is 757. The Morgan fingerprint density at radius 3 is 2.74 bits per heavy atom. The van der Waals surface area contributed by atoms with Gasteiger partial charge >= 0.3 is 0 Å². The number of amides is 2. The van der Waals surface area contributed by atoms with Crippen molar-refractivity contribution in [1.29, 1.82) is 0 Å². The fourth-order valence-electron chi connectivity index (χ4n) is 2.96. The van der Waals surface area contributed by atoms with E-state index in [1.165, 1.54) is 6.92 Å². The fourth-order valence-corrected chi connectivity index (χ4v) is 2.96. The average Bonchev–Trinajstić information content (AvgIpc) is 2.95. The third-order valence-electron chi connectivity index (χ3n) is 4.00. The van der Waals surface area contributed by atoms with Gasteiger partial charge in [-0.1, -0.05) is 30.3 Å². The van der Waals surface area contributed by atoms with Crippen LogP contribution in [-0.4, -0.2) is 23.0 Å². The van der Waals surface area contributed by atoms with Crippen molar-refractivity contribution in [3.8, 4) is 0 Å². The van der Waals surface area contributed by atoms with Crippen molar-refractivity contribution in [3.63, 3.8) is 0 Å². The summed E-state index contributed by atoms with van der Waals surface area (Å²) >= 11 is 0. The van der Waals surface area contributed by atoms with Crippen molar-refractivity contribution in [2.45, 2.75) is 26.0 Å². The molecule has 2 aromatic carbocycles. The first-order chi connectivity index (χ1) is 11.1. The van der Waals surface area contributed by atoms with Crippen molar-refractivity contribution >= 4 is 23.2 Å². The molecular formula is C18H18N2O3. The molecule has 0 aromatic heterocycles. The predicted molar refractivity (Wildman–Crippen MR) is 88.1 cm³/mol. The number of nitrogens with zero attached hydrogens (tertiary/aromatic N) is 1. The van der Waals surface area contributed by atoms with Gasteiger partial charge < -0.3 is 10.4 Å². The quantitative estimate of drug-likeness (QED) is 0.912. The molecule has 0 radical (unpaired) electrons. The molecule has 1 heterocycles. The van der Waals surface area contributed by atoms with E-state index in [9.17, 15) is 14.7 Å². The Morgan fingerprint density at radius 1 is 1.22 bits per heavy atom. The van der Waals surface area contributed by atoms with E-state index in [0.29, 0.717) is 12.1 Å². The maximum atomic E-state index is 12.6. The number of carbonyl (C=O) groups is 2. The van der Waals surface area contributed by atoms with Gasteiger partial charge in [0.2, 0.25) is 11.8 Å². The van der Waals surface area contributed by atoms with Crippen molar-refractivity contribution in [2.24, 2.45) is 0 Å². The van der Waals surface area contributed by atoms with Gasteiger partial charge in [-0.15, -0.1) is 0 Å². The van der Waals surface area contributed by atoms with Crippen LogP contribution in [0.5, 0.6) is 0 Å². The smallest absolute Gasteiger partial charge is 0.247 e. The van der Waals surface area contributed by atoms with Crippen LogP contribution in [0, 0.1) is 0 Å². The normalized spacial score (nSPS) is 16.1. The second-order valence-electron chi connectivity index (χ2n) is 5.59. The van der Waals surface area contributed by atoms with Crippen LogP contribution >= 0.6 is 0 Å². The van der Waals surface area contributed by atoms with Crippen molar-refractivity contribution in [3.05, 3.63) is 59.7 Å². The fraction of sp³-hybridized carbons (Fsp3) is 0.222. The molecule has 1 atom stereocenters. The summed E-state index contributed by atoms with van der Waals surface area (Å²) in [5.74, 6) is -0.384. The summed E-state index contributed by atoms with van der Waals surface area (Å²) in [5, 5.41) is 12.0. The maximum Gasteiger partial charge on any atom is 0.247 e. The minimum atomic E-state index is -0.553. The van der Waals surface area contributed by atoms with Crippen LogP contribution in [0.3, 0.4) is 0 Å². The van der Waals surface area contributed by atoms with Gasteiger partial charge in [0.25, 0.3) is 0 Å². The number of benzene rings is 2. The first-order valence-electron chi connectivity index (χ1n) is 7.48. The zero-order valence-electron chi connectivity index (χ0n) is 12.8. The highest BCUT2D eigenvalue weighted by atomic mass is 16.3. The van der Waals surface area contributed by atoms with Gasteiger partial charge in [0.1, 0.15) is 6.04 Å². The molecule has 0 unspecified atom stereocenters. The molecule has 1 aliphatic rings. The van der Waals surface area contributed by atoms with Gasteiger partial charge in [-0.3, -0.25) is 14.5 Å². The van der Waals surface area contributed by atoms with Crippen LogP contribution < -0.4 is 10.2 Å². The van der Waals surface area contributed by atoms with Gasteiger partial charge in [0.05, 0.1) is 6.61 Å². The van der Waals surface area contributed by atoms with Gasteiger partial charge in [-0.25, -0.2) is 0 Å². The number of aliphatic hydroxyl groups excluding tert-OH is 1. The Hall–Kier alpha value is -2.66. The molecule has 0 saturated heterocycles. The second-order valence-corrected chi connectivity index (χ2v) is 5.59. The lowest BCUT2D eigenvalue weighted by atomic mass is 10.1. The zero-order chi connectivity index (χ0) is 16.4. The van der Waals surface area contributed by atoms with E-state index in [2.05, 4.69) is 5.32 Å². The second kappa shape index (κ2) is 6.22. The van der Waals surface area contributed by atoms with Gasteiger partial charge in [0.15, 0.2) is 0 Å². The molecule has 5 nitrogen and oxygen atoms in total. The lowest BCUT2D eigenvalue weighted by Gasteiger charge is -2.23. The maximum absolute atomic E-state index is 12.6. The third kappa shape index (κ3) is 2.96.